The van der Waals surface area contributed by atoms with Crippen LogP contribution in [0.1, 0.15) is 55.4 Å². The number of aliphatic hydroxyl groups excluding tert-OH is 1. The summed E-state index contributed by atoms with van der Waals surface area (Å²) in [4.78, 5) is 30.3. The molecule has 6 atom stereocenters. The SMILES string of the molecule is Cc1nnc([C@@H]2C[C@H]2C(=O)Nc2cc(-c3ccc(O[C@H]4CCN(C(=O)CO)C[C@H]4F)c(C4CC4C)c3)ccn2)o1. The minimum atomic E-state index is -1.34. The Morgan fingerprint density at radius 1 is 1.18 bits per heavy atom. The lowest BCUT2D eigenvalue weighted by Crippen LogP contribution is -2.50. The second-order valence-corrected chi connectivity index (χ2v) is 11.1. The Labute approximate surface area is 230 Å². The number of aryl methyl sites for hydroxylation is 1. The highest BCUT2D eigenvalue weighted by molar-refractivity contribution is 5.94. The first-order valence-corrected chi connectivity index (χ1v) is 13.7. The molecule has 3 aromatic rings. The molecule has 10 nitrogen and oxygen atoms in total. The van der Waals surface area contributed by atoms with Gasteiger partial charge in [0.15, 0.2) is 6.17 Å². The molecule has 40 heavy (non-hydrogen) atoms. The summed E-state index contributed by atoms with van der Waals surface area (Å²) in [6.07, 6.45) is 1.71. The van der Waals surface area contributed by atoms with Gasteiger partial charge >= 0.3 is 0 Å². The summed E-state index contributed by atoms with van der Waals surface area (Å²) >= 11 is 0. The third-order valence-corrected chi connectivity index (χ3v) is 8.10. The number of halogens is 1. The van der Waals surface area contributed by atoms with E-state index in [4.69, 9.17) is 14.3 Å². The lowest BCUT2D eigenvalue weighted by molar-refractivity contribution is -0.138. The Morgan fingerprint density at radius 2 is 1.98 bits per heavy atom. The van der Waals surface area contributed by atoms with E-state index in [9.17, 15) is 14.0 Å². The number of rotatable bonds is 8. The molecule has 2 amide bonds. The fourth-order valence-corrected chi connectivity index (χ4v) is 5.50. The maximum Gasteiger partial charge on any atom is 0.248 e. The number of aliphatic hydroxyl groups is 1. The van der Waals surface area contributed by atoms with Gasteiger partial charge in [0.2, 0.25) is 23.6 Å². The average molecular weight is 550 g/mol. The molecule has 1 saturated heterocycles. The molecule has 3 aliphatic rings. The number of carbonyl (C=O) groups excluding carboxylic acids is 2. The van der Waals surface area contributed by atoms with Crippen molar-refractivity contribution in [3.05, 3.63) is 53.9 Å². The fourth-order valence-electron chi connectivity index (χ4n) is 5.50. The average Bonchev–Trinajstić information content (AvgIpc) is 3.86. The van der Waals surface area contributed by atoms with Crippen molar-refractivity contribution in [2.24, 2.45) is 11.8 Å². The minimum Gasteiger partial charge on any atom is -0.487 e. The highest BCUT2D eigenvalue weighted by atomic mass is 19.1. The van der Waals surface area contributed by atoms with Crippen molar-refractivity contribution in [1.29, 1.82) is 0 Å². The van der Waals surface area contributed by atoms with Crippen LogP contribution in [0.25, 0.3) is 11.1 Å². The molecule has 6 rings (SSSR count). The number of ether oxygens (including phenoxy) is 1. The van der Waals surface area contributed by atoms with Crippen LogP contribution < -0.4 is 10.1 Å². The number of alkyl halides is 1. The van der Waals surface area contributed by atoms with Crippen molar-refractivity contribution < 1.29 is 28.2 Å². The summed E-state index contributed by atoms with van der Waals surface area (Å²) in [5.41, 5.74) is 2.87. The molecular formula is C29H32FN5O5. The monoisotopic (exact) mass is 549 g/mol. The Balaban J connectivity index is 1.16. The van der Waals surface area contributed by atoms with Crippen LogP contribution in [0.5, 0.6) is 5.75 Å². The Bertz CT molecular complexity index is 1430. The zero-order valence-electron chi connectivity index (χ0n) is 22.4. The quantitative estimate of drug-likeness (QED) is 0.436. The molecule has 2 aromatic heterocycles. The lowest BCUT2D eigenvalue weighted by atomic mass is 9.99. The number of pyridine rings is 1. The molecule has 1 aliphatic heterocycles. The third kappa shape index (κ3) is 5.42. The van der Waals surface area contributed by atoms with Crippen LogP contribution in [0.4, 0.5) is 10.2 Å². The van der Waals surface area contributed by atoms with Crippen LogP contribution in [0.15, 0.2) is 40.9 Å². The number of piperidine rings is 1. The molecule has 1 aromatic carbocycles. The normalized spacial score (nSPS) is 27.2. The van der Waals surface area contributed by atoms with Crippen molar-refractivity contribution in [3.63, 3.8) is 0 Å². The third-order valence-electron chi connectivity index (χ3n) is 8.10. The molecular weight excluding hydrogens is 517 g/mol. The molecule has 2 aliphatic carbocycles. The maximum absolute atomic E-state index is 14.9. The van der Waals surface area contributed by atoms with Crippen molar-refractivity contribution in [2.45, 2.75) is 57.2 Å². The van der Waals surface area contributed by atoms with E-state index in [1.807, 2.05) is 24.3 Å². The van der Waals surface area contributed by atoms with Crippen LogP contribution in [-0.4, -0.2) is 69.0 Å². The Morgan fingerprint density at radius 3 is 2.67 bits per heavy atom. The number of amides is 2. The summed E-state index contributed by atoms with van der Waals surface area (Å²) in [6.45, 7) is 3.55. The van der Waals surface area contributed by atoms with Crippen molar-refractivity contribution >= 4 is 17.6 Å². The molecule has 0 radical (unpaired) electrons. The van der Waals surface area contributed by atoms with Crippen LogP contribution in [0, 0.1) is 18.8 Å². The highest BCUT2D eigenvalue weighted by Gasteiger charge is 2.47. The van der Waals surface area contributed by atoms with Gasteiger partial charge in [0, 0.05) is 32.0 Å². The van der Waals surface area contributed by atoms with E-state index in [0.29, 0.717) is 54.6 Å². The van der Waals surface area contributed by atoms with Gasteiger partial charge in [-0.15, -0.1) is 10.2 Å². The first kappa shape index (κ1) is 26.4. The molecule has 210 valence electrons. The zero-order chi connectivity index (χ0) is 28.0. The first-order valence-electron chi connectivity index (χ1n) is 13.7. The number of aromatic nitrogens is 3. The van der Waals surface area contributed by atoms with Gasteiger partial charge in [0.1, 0.15) is 24.3 Å². The van der Waals surface area contributed by atoms with E-state index >= 15 is 0 Å². The van der Waals surface area contributed by atoms with Gasteiger partial charge in [0.05, 0.1) is 12.5 Å². The first-order chi connectivity index (χ1) is 19.3. The Hall–Kier alpha value is -3.86. The number of nitrogens with one attached hydrogen (secondary N) is 1. The lowest BCUT2D eigenvalue weighted by Gasteiger charge is -2.35. The predicted molar refractivity (Wildman–Crippen MR) is 142 cm³/mol. The van der Waals surface area contributed by atoms with Crippen molar-refractivity contribution in [3.8, 4) is 16.9 Å². The molecule has 3 fully saturated rings. The number of hydrogen-bond acceptors (Lipinski definition) is 8. The molecule has 3 heterocycles. The second kappa shape index (κ2) is 10.6. The van der Waals surface area contributed by atoms with E-state index < -0.39 is 24.8 Å². The van der Waals surface area contributed by atoms with Crippen molar-refractivity contribution in [1.82, 2.24) is 20.1 Å². The Kier molecular flexibility index (Phi) is 6.99. The molecule has 2 unspecified atom stereocenters. The summed E-state index contributed by atoms with van der Waals surface area (Å²) in [5, 5.41) is 19.9. The topological polar surface area (TPSA) is 131 Å². The maximum atomic E-state index is 14.9. The van der Waals surface area contributed by atoms with E-state index in [1.165, 1.54) is 4.90 Å². The van der Waals surface area contributed by atoms with E-state index in [1.54, 1.807) is 13.1 Å². The van der Waals surface area contributed by atoms with Crippen LogP contribution >= 0.6 is 0 Å². The number of carbonyl (C=O) groups is 2. The van der Waals surface area contributed by atoms with Crippen LogP contribution in [0.3, 0.4) is 0 Å². The van der Waals surface area contributed by atoms with Gasteiger partial charge in [0.25, 0.3) is 0 Å². The van der Waals surface area contributed by atoms with Gasteiger partial charge in [-0.25, -0.2) is 9.37 Å². The molecule has 0 bridgehead atoms. The van der Waals surface area contributed by atoms with Gasteiger partial charge < -0.3 is 24.5 Å². The fraction of sp³-hybridized carbons (Fsp3) is 0.483. The molecule has 11 heteroatoms. The molecule has 0 spiro atoms. The van der Waals surface area contributed by atoms with Gasteiger partial charge in [-0.05, 0) is 65.6 Å². The van der Waals surface area contributed by atoms with Crippen LogP contribution in [-0.2, 0) is 9.59 Å². The van der Waals surface area contributed by atoms with Crippen molar-refractivity contribution in [2.75, 3.05) is 25.0 Å². The number of hydrogen-bond donors (Lipinski definition) is 2. The summed E-state index contributed by atoms with van der Waals surface area (Å²) in [7, 11) is 0. The number of nitrogens with zero attached hydrogens (tertiary/aromatic N) is 4. The second-order valence-electron chi connectivity index (χ2n) is 11.1. The van der Waals surface area contributed by atoms with E-state index in [0.717, 1.165) is 23.1 Å². The largest absolute Gasteiger partial charge is 0.487 e. The number of likely N-dealkylation sites (tertiary alicyclic amines) is 1. The number of anilines is 1. The summed E-state index contributed by atoms with van der Waals surface area (Å²) in [5.74, 6) is 2.03. The number of benzene rings is 1. The van der Waals surface area contributed by atoms with E-state index in [-0.39, 0.29) is 24.3 Å². The van der Waals surface area contributed by atoms with Gasteiger partial charge in [-0.1, -0.05) is 13.0 Å². The summed E-state index contributed by atoms with van der Waals surface area (Å²) in [6, 6.07) is 9.62. The molecule has 2 saturated carbocycles. The smallest absolute Gasteiger partial charge is 0.248 e. The zero-order valence-corrected chi connectivity index (χ0v) is 22.4. The predicted octanol–water partition coefficient (Wildman–Crippen LogP) is 3.62. The standard InChI is InChI=1S/C29H32FN5O5/c1-15-9-19(15)20-10-17(3-4-24(20)40-25-6-8-35(13-23(25)30)27(37)14-36)18-5-7-31-26(11-18)32-28(38)21-12-22(21)29-34-33-16(2)39-29/h3-5,7,10-11,15,19,21-23,25,36H,6,8-9,12-14H2,1-2H3,(H,31,32,38)/t15?,19?,21-,22-,23-,25+/m1/s1. The van der Waals surface area contributed by atoms with E-state index in [2.05, 4.69) is 33.5 Å². The van der Waals surface area contributed by atoms with Gasteiger partial charge in [-0.2, -0.15) is 0 Å². The van der Waals surface area contributed by atoms with Crippen LogP contribution in [0.2, 0.25) is 0 Å². The minimum absolute atomic E-state index is 0.0636. The molecule has 2 N–H and O–H groups in total. The summed E-state index contributed by atoms with van der Waals surface area (Å²) < 4.78 is 26.6. The highest BCUT2D eigenvalue weighted by Crippen LogP contribution is 2.51. The van der Waals surface area contributed by atoms with Gasteiger partial charge in [-0.3, -0.25) is 9.59 Å².